The van der Waals surface area contributed by atoms with E-state index < -0.39 is 5.51 Å². The Labute approximate surface area is 359 Å². The zero-order valence-corrected chi connectivity index (χ0v) is 35.6. The second-order valence-electron chi connectivity index (χ2n) is 16.3. The van der Waals surface area contributed by atoms with Crippen LogP contribution in [-0.2, 0) is 0 Å². The molecule has 0 fully saturated rings. The van der Waals surface area contributed by atoms with Gasteiger partial charge in [0.2, 0.25) is 0 Å². The number of hydrogen-bond donors (Lipinski definition) is 0. The van der Waals surface area contributed by atoms with Crippen molar-refractivity contribution in [1.29, 1.82) is 0 Å². The Morgan fingerprint density at radius 2 is 0.836 bits per heavy atom. The molecule has 61 heavy (non-hydrogen) atoms. The van der Waals surface area contributed by atoms with E-state index in [-0.39, 0.29) is 0 Å². The van der Waals surface area contributed by atoms with E-state index in [2.05, 4.69) is 232 Å². The van der Waals surface area contributed by atoms with Gasteiger partial charge in [0.15, 0.2) is 0 Å². The van der Waals surface area contributed by atoms with Crippen molar-refractivity contribution in [3.05, 3.63) is 212 Å². The van der Waals surface area contributed by atoms with E-state index in [9.17, 15) is 0 Å². The van der Waals surface area contributed by atoms with Crippen LogP contribution in [0.15, 0.2) is 212 Å². The molecule has 0 bridgehead atoms. The van der Waals surface area contributed by atoms with Crippen LogP contribution < -0.4 is 15.9 Å². The van der Waals surface area contributed by atoms with E-state index in [4.69, 9.17) is 4.98 Å². The van der Waals surface area contributed by atoms with Gasteiger partial charge in [-0.15, -0.1) is 0 Å². The first-order valence-electron chi connectivity index (χ1n) is 20.8. The molecule has 13 rings (SSSR count). The van der Waals surface area contributed by atoms with Crippen LogP contribution in [-0.4, -0.2) is 24.5 Å². The number of rotatable bonds is 4. The van der Waals surface area contributed by atoms with Crippen LogP contribution in [0.1, 0.15) is 0 Å². The predicted molar refractivity (Wildman–Crippen MR) is 265 cm³/mol. The molecule has 4 heteroatoms. The average molecular weight is 858 g/mol. The standard InChI is InChI=1S/C57H35N2PSe/c61-60(47-25-21-36-9-1-3-12-39(36)31-47,48-26-22-37-10-2-4-13-40(37)32-48)49-27-23-43-29-41(17-19-44(43)33-49)42-18-20-45-34-52-51-28-24-38-11-5-6-14-50(38)56(51)57-58-53-15-7-8-16-54(53)59(57)55(52)35-46(45)30-42/h1-35H. The van der Waals surface area contributed by atoms with Gasteiger partial charge >= 0.3 is 248 Å². The van der Waals surface area contributed by atoms with Crippen LogP contribution in [0.4, 0.5) is 0 Å². The van der Waals surface area contributed by atoms with Crippen molar-refractivity contribution in [1.82, 2.24) is 9.38 Å². The van der Waals surface area contributed by atoms with Crippen LogP contribution in [0.2, 0.25) is 0 Å². The number of benzene rings is 11. The van der Waals surface area contributed by atoms with E-state index in [0.717, 1.165) is 16.7 Å². The van der Waals surface area contributed by atoms with Crippen molar-refractivity contribution < 1.29 is 0 Å². The molecule has 0 aliphatic carbocycles. The van der Waals surface area contributed by atoms with Gasteiger partial charge in [-0.3, -0.25) is 4.40 Å². The van der Waals surface area contributed by atoms with E-state index in [1.54, 1.807) is 0 Å². The van der Waals surface area contributed by atoms with Crippen molar-refractivity contribution in [3.63, 3.8) is 0 Å². The second kappa shape index (κ2) is 13.3. The monoisotopic (exact) mass is 858 g/mol. The molecule has 0 unspecified atom stereocenters. The van der Waals surface area contributed by atoms with Crippen molar-refractivity contribution in [2.45, 2.75) is 0 Å². The Balaban J connectivity index is 0.957. The molecule has 13 aromatic rings. The van der Waals surface area contributed by atoms with Crippen molar-refractivity contribution in [2.75, 3.05) is 0 Å². The summed E-state index contributed by atoms with van der Waals surface area (Å²) in [7, 11) is 0. The molecule has 0 N–H and O–H groups in total. The first-order valence-corrected chi connectivity index (χ1v) is 24.8. The quantitative estimate of drug-likeness (QED) is 0.0746. The molecular weight excluding hydrogens is 823 g/mol. The second-order valence-corrected chi connectivity index (χ2v) is 22.5. The van der Waals surface area contributed by atoms with Crippen molar-refractivity contribution >= 4 is 129 Å². The molecule has 0 saturated carbocycles. The molecule has 0 aliphatic rings. The maximum atomic E-state index is 5.26. The van der Waals surface area contributed by atoms with Gasteiger partial charge in [0.25, 0.3) is 0 Å². The van der Waals surface area contributed by atoms with E-state index >= 15 is 0 Å². The van der Waals surface area contributed by atoms with Crippen LogP contribution >= 0.6 is 5.51 Å². The number of nitrogens with zero attached hydrogens (tertiary/aromatic N) is 2. The number of para-hydroxylation sites is 2. The van der Waals surface area contributed by atoms with Crippen LogP contribution in [0, 0.1) is 0 Å². The predicted octanol–water partition coefficient (Wildman–Crippen LogP) is 13.6. The summed E-state index contributed by atoms with van der Waals surface area (Å²) in [5.74, 6) is 0. The number of fused-ring (bicyclic) bond motifs is 14. The average Bonchev–Trinajstić information content (AvgIpc) is 3.72. The summed E-state index contributed by atoms with van der Waals surface area (Å²) in [4.78, 5) is 5.26. The Kier molecular flexibility index (Phi) is 7.63. The molecule has 0 amide bonds. The Bertz CT molecular complexity index is 3970. The third-order valence-electron chi connectivity index (χ3n) is 12.9. The van der Waals surface area contributed by atoms with Gasteiger partial charge in [0.05, 0.1) is 11.0 Å². The van der Waals surface area contributed by atoms with Crippen LogP contribution in [0.5, 0.6) is 0 Å². The molecule has 284 valence electrons. The van der Waals surface area contributed by atoms with E-state index in [0.29, 0.717) is 0 Å². The normalized spacial score (nSPS) is 12.3. The molecule has 0 radical (unpaired) electrons. The Hall–Kier alpha value is -6.86. The van der Waals surface area contributed by atoms with Gasteiger partial charge in [-0.05, 0) is 28.3 Å². The number of hydrogen-bond acceptors (Lipinski definition) is 1. The van der Waals surface area contributed by atoms with Crippen molar-refractivity contribution in [3.8, 4) is 11.1 Å². The first kappa shape index (κ1) is 34.9. The van der Waals surface area contributed by atoms with Crippen LogP contribution in [0.3, 0.4) is 0 Å². The third kappa shape index (κ3) is 5.35. The fraction of sp³-hybridized carbons (Fsp3) is 0. The van der Waals surface area contributed by atoms with Gasteiger partial charge in [-0.1, -0.05) is 48.5 Å². The fourth-order valence-electron chi connectivity index (χ4n) is 9.84. The van der Waals surface area contributed by atoms with Gasteiger partial charge in [0.1, 0.15) is 5.65 Å². The molecule has 11 aromatic carbocycles. The maximum absolute atomic E-state index is 5.26. The van der Waals surface area contributed by atoms with Gasteiger partial charge < -0.3 is 0 Å². The Morgan fingerprint density at radius 1 is 0.344 bits per heavy atom. The summed E-state index contributed by atoms with van der Waals surface area (Å²) >= 11 is 3.84. The van der Waals surface area contributed by atoms with Crippen molar-refractivity contribution in [2.24, 2.45) is 0 Å². The summed E-state index contributed by atoms with van der Waals surface area (Å²) in [5.41, 5.74) is 4.57. The number of aromatic nitrogens is 2. The fourth-order valence-corrected chi connectivity index (χ4v) is 14.7. The molecule has 2 nitrogen and oxygen atoms in total. The van der Waals surface area contributed by atoms with E-state index in [1.165, 1.54) is 103 Å². The molecule has 0 saturated heterocycles. The summed E-state index contributed by atoms with van der Waals surface area (Å²) in [6, 6.07) is 78.9. The topological polar surface area (TPSA) is 17.3 Å². The van der Waals surface area contributed by atoms with Gasteiger partial charge in [-0.25, -0.2) is 4.98 Å². The zero-order valence-electron chi connectivity index (χ0n) is 33.0. The summed E-state index contributed by atoms with van der Waals surface area (Å²) in [6.45, 7) is 0. The molecular formula is C57H35N2PSe. The van der Waals surface area contributed by atoms with Gasteiger partial charge in [0, 0.05) is 10.8 Å². The third-order valence-corrected chi connectivity index (χ3v) is 19.9. The number of pyridine rings is 1. The minimum absolute atomic E-state index is 1.00. The minimum atomic E-state index is -2.15. The molecule has 0 aliphatic heterocycles. The molecule has 0 atom stereocenters. The molecule has 2 aromatic heterocycles. The summed E-state index contributed by atoms with van der Waals surface area (Å²) in [6.07, 6.45) is 0. The summed E-state index contributed by atoms with van der Waals surface area (Å²) in [5, 5.41) is 20.1. The Morgan fingerprint density at radius 3 is 1.52 bits per heavy atom. The summed E-state index contributed by atoms with van der Waals surface area (Å²) < 4.78 is 2.38. The van der Waals surface area contributed by atoms with Gasteiger partial charge in [-0.2, -0.15) is 0 Å². The van der Waals surface area contributed by atoms with E-state index in [1.807, 2.05) is 0 Å². The first-order chi connectivity index (χ1) is 30.1. The SMILES string of the molecule is [Se]=P(c1ccc2ccccc2c1)(c1ccc2ccccc2c1)c1ccc2cc(-c3ccc4cc5c6ccc7ccccc7c6c6nc7ccccc7n6c5cc4c3)ccc2c1. The number of imidazole rings is 1. The van der Waals surface area contributed by atoms with Crippen LogP contribution in [0.25, 0.3) is 103 Å². The zero-order chi connectivity index (χ0) is 40.2. The molecule has 0 spiro atoms. The molecule has 2 heterocycles.